The molecular weight excluding hydrogens is 286 g/mol. The van der Waals surface area contributed by atoms with E-state index in [2.05, 4.69) is 10.4 Å². The molecule has 0 aliphatic carbocycles. The summed E-state index contributed by atoms with van der Waals surface area (Å²) in [5.41, 5.74) is 0.573. The van der Waals surface area contributed by atoms with Crippen LogP contribution in [-0.2, 0) is 11.8 Å². The molecule has 114 valence electrons. The number of rotatable bonds is 4. The number of benzene rings is 1. The van der Waals surface area contributed by atoms with Gasteiger partial charge in [-0.25, -0.2) is 9.48 Å². The molecule has 0 aliphatic heterocycles. The Balaban J connectivity index is 2.17. The molecule has 1 aromatic carbocycles. The zero-order chi connectivity index (χ0) is 16.1. The van der Waals surface area contributed by atoms with E-state index < -0.39 is 11.9 Å². The SMILES string of the molecule is CCOC(=O)c1cccc(NC(=O)c2ccc(=O)n(C)n2)c1. The van der Waals surface area contributed by atoms with Crippen molar-refractivity contribution in [3.05, 3.63) is 58.0 Å². The Kier molecular flexibility index (Phi) is 4.67. The van der Waals surface area contributed by atoms with E-state index in [0.717, 1.165) is 4.68 Å². The van der Waals surface area contributed by atoms with Gasteiger partial charge in [0.15, 0.2) is 0 Å². The minimum atomic E-state index is -0.475. The van der Waals surface area contributed by atoms with Crippen molar-refractivity contribution in [1.82, 2.24) is 9.78 Å². The maximum Gasteiger partial charge on any atom is 0.338 e. The van der Waals surface area contributed by atoms with Gasteiger partial charge in [-0.3, -0.25) is 9.59 Å². The van der Waals surface area contributed by atoms with Crippen LogP contribution < -0.4 is 10.9 Å². The van der Waals surface area contributed by atoms with E-state index in [1.165, 1.54) is 25.2 Å². The number of carbonyl (C=O) groups excluding carboxylic acids is 2. The van der Waals surface area contributed by atoms with Gasteiger partial charge in [-0.15, -0.1) is 0 Å². The second-order valence-electron chi connectivity index (χ2n) is 4.44. The van der Waals surface area contributed by atoms with E-state index in [-0.39, 0.29) is 17.9 Å². The molecule has 22 heavy (non-hydrogen) atoms. The second-order valence-corrected chi connectivity index (χ2v) is 4.44. The number of amides is 1. The Bertz CT molecular complexity index is 767. The van der Waals surface area contributed by atoms with Crippen molar-refractivity contribution in [2.24, 2.45) is 7.05 Å². The lowest BCUT2D eigenvalue weighted by Crippen LogP contribution is -2.23. The molecule has 7 heteroatoms. The van der Waals surface area contributed by atoms with Gasteiger partial charge in [0.1, 0.15) is 5.69 Å². The van der Waals surface area contributed by atoms with Crippen molar-refractivity contribution in [2.75, 3.05) is 11.9 Å². The monoisotopic (exact) mass is 301 g/mol. The van der Waals surface area contributed by atoms with Crippen molar-refractivity contribution >= 4 is 17.6 Å². The first kappa shape index (κ1) is 15.4. The van der Waals surface area contributed by atoms with Crippen LogP contribution in [-0.4, -0.2) is 28.3 Å². The highest BCUT2D eigenvalue weighted by molar-refractivity contribution is 6.03. The van der Waals surface area contributed by atoms with Crippen molar-refractivity contribution in [2.45, 2.75) is 6.92 Å². The lowest BCUT2D eigenvalue weighted by molar-refractivity contribution is 0.0526. The van der Waals surface area contributed by atoms with Crippen LogP contribution >= 0.6 is 0 Å². The molecule has 1 aromatic heterocycles. The molecule has 1 heterocycles. The summed E-state index contributed by atoms with van der Waals surface area (Å²) in [6.07, 6.45) is 0. The predicted molar refractivity (Wildman–Crippen MR) is 79.8 cm³/mol. The number of aryl methyl sites for hydroxylation is 1. The average Bonchev–Trinajstić information content (AvgIpc) is 2.50. The highest BCUT2D eigenvalue weighted by atomic mass is 16.5. The zero-order valence-corrected chi connectivity index (χ0v) is 12.2. The molecular formula is C15H15N3O4. The lowest BCUT2D eigenvalue weighted by atomic mass is 10.2. The van der Waals surface area contributed by atoms with Crippen LogP contribution in [0.5, 0.6) is 0 Å². The summed E-state index contributed by atoms with van der Waals surface area (Å²) in [6.45, 7) is 1.99. The van der Waals surface area contributed by atoms with Gasteiger partial charge in [0, 0.05) is 18.8 Å². The second kappa shape index (κ2) is 6.66. The molecule has 1 N–H and O–H groups in total. The topological polar surface area (TPSA) is 90.3 Å². The molecule has 2 rings (SSSR count). The quantitative estimate of drug-likeness (QED) is 0.857. The molecule has 0 radical (unpaired) electrons. The fourth-order valence-electron chi connectivity index (χ4n) is 1.76. The summed E-state index contributed by atoms with van der Waals surface area (Å²) in [4.78, 5) is 35.0. The number of carbonyl (C=O) groups is 2. The van der Waals surface area contributed by atoms with Gasteiger partial charge in [-0.2, -0.15) is 5.10 Å². The van der Waals surface area contributed by atoms with E-state index in [9.17, 15) is 14.4 Å². The first-order valence-electron chi connectivity index (χ1n) is 6.64. The van der Waals surface area contributed by atoms with Crippen LogP contribution in [0.4, 0.5) is 5.69 Å². The van der Waals surface area contributed by atoms with Crippen LogP contribution in [0.3, 0.4) is 0 Å². The van der Waals surface area contributed by atoms with Crippen LogP contribution in [0.15, 0.2) is 41.2 Å². The van der Waals surface area contributed by atoms with Crippen LogP contribution in [0.2, 0.25) is 0 Å². The largest absolute Gasteiger partial charge is 0.462 e. The normalized spacial score (nSPS) is 10.1. The summed E-state index contributed by atoms with van der Waals surface area (Å²) >= 11 is 0. The fourth-order valence-corrected chi connectivity index (χ4v) is 1.76. The molecule has 1 amide bonds. The van der Waals surface area contributed by atoms with Crippen LogP contribution in [0.1, 0.15) is 27.8 Å². The van der Waals surface area contributed by atoms with Gasteiger partial charge in [-0.05, 0) is 31.2 Å². The van der Waals surface area contributed by atoms with Crippen molar-refractivity contribution in [1.29, 1.82) is 0 Å². The zero-order valence-electron chi connectivity index (χ0n) is 12.2. The third-order valence-corrected chi connectivity index (χ3v) is 2.82. The first-order valence-corrected chi connectivity index (χ1v) is 6.64. The summed E-state index contributed by atoms with van der Waals surface area (Å²) in [6, 6.07) is 8.98. The van der Waals surface area contributed by atoms with E-state index in [4.69, 9.17) is 4.74 Å². The van der Waals surface area contributed by atoms with E-state index >= 15 is 0 Å². The van der Waals surface area contributed by atoms with Gasteiger partial charge in [0.2, 0.25) is 0 Å². The Morgan fingerprint density at radius 3 is 2.73 bits per heavy atom. The van der Waals surface area contributed by atoms with Crippen molar-refractivity contribution in [3.8, 4) is 0 Å². The summed E-state index contributed by atoms with van der Waals surface area (Å²) < 4.78 is 5.97. The number of aromatic nitrogens is 2. The number of ether oxygens (including phenoxy) is 1. The Labute approximate surface area is 126 Å². The number of hydrogen-bond acceptors (Lipinski definition) is 5. The summed E-state index contributed by atoms with van der Waals surface area (Å²) in [7, 11) is 1.46. The minimum absolute atomic E-state index is 0.101. The molecule has 0 saturated carbocycles. The Morgan fingerprint density at radius 2 is 2.05 bits per heavy atom. The van der Waals surface area contributed by atoms with E-state index in [0.29, 0.717) is 11.3 Å². The average molecular weight is 301 g/mol. The Hall–Kier alpha value is -2.96. The molecule has 0 atom stereocenters. The third-order valence-electron chi connectivity index (χ3n) is 2.82. The minimum Gasteiger partial charge on any atom is -0.462 e. The van der Waals surface area contributed by atoms with Gasteiger partial charge in [-0.1, -0.05) is 6.07 Å². The van der Waals surface area contributed by atoms with Crippen LogP contribution in [0.25, 0.3) is 0 Å². The molecule has 7 nitrogen and oxygen atoms in total. The number of nitrogens with zero attached hydrogens (tertiary/aromatic N) is 2. The summed E-state index contributed by atoms with van der Waals surface area (Å²) in [5, 5.41) is 6.47. The van der Waals surface area contributed by atoms with E-state index in [1.807, 2.05) is 0 Å². The van der Waals surface area contributed by atoms with Gasteiger partial charge >= 0.3 is 5.97 Å². The van der Waals surface area contributed by atoms with Gasteiger partial charge < -0.3 is 10.1 Å². The molecule has 2 aromatic rings. The first-order chi connectivity index (χ1) is 10.5. The molecule has 0 spiro atoms. The fraction of sp³-hybridized carbons (Fsp3) is 0.200. The molecule has 0 aliphatic rings. The number of hydrogen-bond donors (Lipinski definition) is 1. The summed E-state index contributed by atoms with van der Waals surface area (Å²) in [5.74, 6) is -0.935. The highest BCUT2D eigenvalue weighted by Crippen LogP contribution is 2.12. The maximum absolute atomic E-state index is 12.1. The van der Waals surface area contributed by atoms with Gasteiger partial charge in [0.05, 0.1) is 12.2 Å². The smallest absolute Gasteiger partial charge is 0.338 e. The van der Waals surface area contributed by atoms with Crippen molar-refractivity contribution in [3.63, 3.8) is 0 Å². The highest BCUT2D eigenvalue weighted by Gasteiger charge is 2.11. The number of esters is 1. The molecule has 0 unspecified atom stereocenters. The Morgan fingerprint density at radius 1 is 1.27 bits per heavy atom. The number of anilines is 1. The third kappa shape index (κ3) is 3.57. The lowest BCUT2D eigenvalue weighted by Gasteiger charge is -2.07. The maximum atomic E-state index is 12.1. The standard InChI is InChI=1S/C15H15N3O4/c1-3-22-15(21)10-5-4-6-11(9-10)16-14(20)12-7-8-13(19)18(2)17-12/h4-9H,3H2,1-2H3,(H,16,20). The van der Waals surface area contributed by atoms with E-state index in [1.54, 1.807) is 25.1 Å². The van der Waals surface area contributed by atoms with Crippen LogP contribution in [0, 0.1) is 0 Å². The number of nitrogens with one attached hydrogen (secondary N) is 1. The van der Waals surface area contributed by atoms with Gasteiger partial charge in [0.25, 0.3) is 11.5 Å². The van der Waals surface area contributed by atoms with Crippen molar-refractivity contribution < 1.29 is 14.3 Å². The molecule has 0 saturated heterocycles. The predicted octanol–water partition coefficient (Wildman–Crippen LogP) is 1.21. The molecule has 0 bridgehead atoms. The molecule has 0 fully saturated rings.